The minimum Gasteiger partial charge on any atom is -0.338 e. The first kappa shape index (κ1) is 16.0. The van der Waals surface area contributed by atoms with E-state index in [4.69, 9.17) is 0 Å². The van der Waals surface area contributed by atoms with E-state index in [-0.39, 0.29) is 11.5 Å². The number of carbonyl (C=O) groups is 1. The van der Waals surface area contributed by atoms with Gasteiger partial charge in [0.25, 0.3) is 5.91 Å². The Hall–Kier alpha value is -1.88. The molecule has 120 valence electrons. The van der Waals surface area contributed by atoms with Gasteiger partial charge in [-0.25, -0.2) is 8.78 Å². The lowest BCUT2D eigenvalue weighted by Gasteiger charge is -2.20. The predicted octanol–water partition coefficient (Wildman–Crippen LogP) is 4.29. The van der Waals surface area contributed by atoms with Crippen LogP contribution in [0.4, 0.5) is 8.78 Å². The van der Waals surface area contributed by atoms with Gasteiger partial charge in [0.2, 0.25) is 0 Å². The van der Waals surface area contributed by atoms with Gasteiger partial charge in [-0.15, -0.1) is 0 Å². The Kier molecular flexibility index (Phi) is 4.96. The monoisotopic (exact) mass is 333 g/mol. The van der Waals surface area contributed by atoms with Crippen LogP contribution in [0.5, 0.6) is 0 Å². The number of benzene rings is 2. The van der Waals surface area contributed by atoms with E-state index in [1.165, 1.54) is 11.6 Å². The quantitative estimate of drug-likeness (QED) is 0.817. The van der Waals surface area contributed by atoms with Gasteiger partial charge in [-0.3, -0.25) is 4.79 Å². The number of halogens is 2. The number of nitrogens with zero attached hydrogens (tertiary/aromatic N) is 1. The molecule has 3 rings (SSSR count). The lowest BCUT2D eigenvalue weighted by atomic mass is 10.1. The average Bonchev–Trinajstić information content (AvgIpc) is 2.81. The fraction of sp³-hybridized carbons (Fsp3) is 0.278. The Morgan fingerprint density at radius 1 is 1.09 bits per heavy atom. The van der Waals surface area contributed by atoms with Gasteiger partial charge < -0.3 is 4.90 Å². The summed E-state index contributed by atoms with van der Waals surface area (Å²) in [4.78, 5) is 14.1. The zero-order valence-electron chi connectivity index (χ0n) is 12.5. The first-order chi connectivity index (χ1) is 11.1. The van der Waals surface area contributed by atoms with Crippen molar-refractivity contribution in [1.29, 1.82) is 0 Å². The zero-order valence-corrected chi connectivity index (χ0v) is 13.4. The van der Waals surface area contributed by atoms with Crippen LogP contribution in [0.2, 0.25) is 0 Å². The molecule has 1 aliphatic heterocycles. The number of rotatable bonds is 2. The van der Waals surface area contributed by atoms with Crippen molar-refractivity contribution < 1.29 is 13.6 Å². The van der Waals surface area contributed by atoms with Crippen molar-refractivity contribution >= 4 is 17.7 Å². The molecule has 2 aromatic carbocycles. The molecular formula is C18H17F2NOS. The van der Waals surface area contributed by atoms with Crippen LogP contribution in [0.1, 0.15) is 27.6 Å². The fourth-order valence-electron chi connectivity index (χ4n) is 2.74. The highest BCUT2D eigenvalue weighted by molar-refractivity contribution is 7.99. The molecule has 1 atom stereocenters. The second-order valence-electron chi connectivity index (χ2n) is 5.48. The zero-order chi connectivity index (χ0) is 16.2. The van der Waals surface area contributed by atoms with Crippen LogP contribution in [0.15, 0.2) is 48.5 Å². The Morgan fingerprint density at radius 3 is 2.61 bits per heavy atom. The maximum atomic E-state index is 13.8. The van der Waals surface area contributed by atoms with Crippen molar-refractivity contribution in [1.82, 2.24) is 4.90 Å². The minimum absolute atomic E-state index is 0.0606. The molecule has 23 heavy (non-hydrogen) atoms. The summed E-state index contributed by atoms with van der Waals surface area (Å²) >= 11 is 1.81. The molecule has 2 aromatic rings. The van der Waals surface area contributed by atoms with Crippen LogP contribution in [-0.2, 0) is 0 Å². The third kappa shape index (κ3) is 3.72. The summed E-state index contributed by atoms with van der Waals surface area (Å²) in [6.45, 7) is 1.14. The Morgan fingerprint density at radius 2 is 1.87 bits per heavy atom. The van der Waals surface area contributed by atoms with Crippen LogP contribution in [-0.4, -0.2) is 29.6 Å². The maximum absolute atomic E-state index is 13.8. The van der Waals surface area contributed by atoms with E-state index in [9.17, 15) is 13.6 Å². The number of thioether (sulfide) groups is 1. The summed E-state index contributed by atoms with van der Waals surface area (Å²) in [6.07, 6.45) is 0.823. The van der Waals surface area contributed by atoms with Gasteiger partial charge in [0.05, 0.1) is 5.56 Å². The highest BCUT2D eigenvalue weighted by Gasteiger charge is 2.24. The normalized spacial score (nSPS) is 18.5. The average molecular weight is 333 g/mol. The van der Waals surface area contributed by atoms with Crippen LogP contribution in [0.3, 0.4) is 0 Å². The van der Waals surface area contributed by atoms with Gasteiger partial charge in [-0.2, -0.15) is 11.8 Å². The van der Waals surface area contributed by atoms with E-state index >= 15 is 0 Å². The van der Waals surface area contributed by atoms with Crippen molar-refractivity contribution in [2.24, 2.45) is 0 Å². The molecule has 0 spiro atoms. The van der Waals surface area contributed by atoms with Gasteiger partial charge in [0.1, 0.15) is 11.6 Å². The molecule has 1 heterocycles. The molecule has 5 heteroatoms. The van der Waals surface area contributed by atoms with Crippen LogP contribution in [0, 0.1) is 11.6 Å². The van der Waals surface area contributed by atoms with Crippen molar-refractivity contribution in [2.75, 3.05) is 18.8 Å². The molecule has 1 unspecified atom stereocenters. The Bertz CT molecular complexity index is 693. The third-order valence-corrected chi connectivity index (χ3v) is 5.29. The van der Waals surface area contributed by atoms with E-state index in [1.807, 2.05) is 30.0 Å². The van der Waals surface area contributed by atoms with E-state index in [0.29, 0.717) is 18.3 Å². The molecule has 1 saturated heterocycles. The van der Waals surface area contributed by atoms with Gasteiger partial charge in [0, 0.05) is 30.2 Å². The van der Waals surface area contributed by atoms with Crippen molar-refractivity contribution in [3.63, 3.8) is 0 Å². The van der Waals surface area contributed by atoms with E-state index in [2.05, 4.69) is 12.1 Å². The molecule has 0 N–H and O–H groups in total. The number of amides is 1. The maximum Gasteiger partial charge on any atom is 0.256 e. The lowest BCUT2D eigenvalue weighted by Crippen LogP contribution is -2.33. The van der Waals surface area contributed by atoms with E-state index in [1.54, 1.807) is 4.90 Å². The summed E-state index contributed by atoms with van der Waals surface area (Å²) in [5.74, 6) is -1.04. The van der Waals surface area contributed by atoms with Gasteiger partial charge in [-0.05, 0) is 24.1 Å². The third-order valence-electron chi connectivity index (χ3n) is 3.96. The molecule has 0 radical (unpaired) electrons. The molecule has 0 aromatic heterocycles. The first-order valence-electron chi connectivity index (χ1n) is 7.56. The first-order valence-corrected chi connectivity index (χ1v) is 8.61. The van der Waals surface area contributed by atoms with Gasteiger partial charge in [0.15, 0.2) is 0 Å². The fourth-order valence-corrected chi connectivity index (χ4v) is 3.97. The van der Waals surface area contributed by atoms with Crippen molar-refractivity contribution in [2.45, 2.75) is 11.7 Å². The molecule has 1 fully saturated rings. The molecule has 2 nitrogen and oxygen atoms in total. The highest BCUT2D eigenvalue weighted by Crippen LogP contribution is 2.34. The Labute approximate surface area is 138 Å². The number of hydrogen-bond acceptors (Lipinski definition) is 2. The molecular weight excluding hydrogens is 316 g/mol. The minimum atomic E-state index is -0.800. The highest BCUT2D eigenvalue weighted by atomic mass is 32.2. The second kappa shape index (κ2) is 7.13. The summed E-state index contributed by atoms with van der Waals surface area (Å²) in [6, 6.07) is 13.3. The van der Waals surface area contributed by atoms with Crippen LogP contribution in [0.25, 0.3) is 0 Å². The summed E-state index contributed by atoms with van der Waals surface area (Å²) in [5, 5.41) is 0.340. The van der Waals surface area contributed by atoms with Crippen molar-refractivity contribution in [3.05, 3.63) is 71.3 Å². The van der Waals surface area contributed by atoms with Crippen LogP contribution >= 0.6 is 11.8 Å². The van der Waals surface area contributed by atoms with Gasteiger partial charge in [-0.1, -0.05) is 30.3 Å². The van der Waals surface area contributed by atoms with E-state index < -0.39 is 11.6 Å². The number of carbonyl (C=O) groups excluding carboxylic acids is 1. The number of hydrogen-bond donors (Lipinski definition) is 0. The van der Waals surface area contributed by atoms with Crippen LogP contribution < -0.4 is 0 Å². The SMILES string of the molecule is O=C(c1ccc(F)cc1F)N1CCSC(c2ccccc2)CC1. The van der Waals surface area contributed by atoms with Gasteiger partial charge >= 0.3 is 0 Å². The second-order valence-corrected chi connectivity index (χ2v) is 6.79. The largest absolute Gasteiger partial charge is 0.338 e. The molecule has 0 aliphatic carbocycles. The predicted molar refractivity (Wildman–Crippen MR) is 88.5 cm³/mol. The standard InChI is InChI=1S/C18H17F2NOS/c19-14-6-7-15(16(20)12-14)18(22)21-9-8-17(23-11-10-21)13-4-2-1-3-5-13/h1-7,12,17H,8-11H2. The van der Waals surface area contributed by atoms with E-state index in [0.717, 1.165) is 24.3 Å². The molecule has 0 saturated carbocycles. The summed E-state index contributed by atoms with van der Waals surface area (Å²) in [7, 11) is 0. The topological polar surface area (TPSA) is 20.3 Å². The molecule has 0 bridgehead atoms. The lowest BCUT2D eigenvalue weighted by molar-refractivity contribution is 0.0762. The molecule has 1 amide bonds. The summed E-state index contributed by atoms with van der Waals surface area (Å²) in [5.41, 5.74) is 1.19. The smallest absolute Gasteiger partial charge is 0.256 e. The Balaban J connectivity index is 1.71. The summed E-state index contributed by atoms with van der Waals surface area (Å²) < 4.78 is 26.8. The van der Waals surface area contributed by atoms with Crippen molar-refractivity contribution in [3.8, 4) is 0 Å². The molecule has 1 aliphatic rings.